The number of ether oxygens (including phenoxy) is 1. The summed E-state index contributed by atoms with van der Waals surface area (Å²) in [6.45, 7) is 10.3. The van der Waals surface area contributed by atoms with E-state index in [9.17, 15) is 9.90 Å². The van der Waals surface area contributed by atoms with Gasteiger partial charge in [-0.3, -0.25) is 9.79 Å². The van der Waals surface area contributed by atoms with Crippen molar-refractivity contribution in [2.24, 2.45) is 22.7 Å². The Morgan fingerprint density at radius 2 is 2.00 bits per heavy atom. The number of aliphatic imine (C=N–C) groups is 1. The van der Waals surface area contributed by atoms with E-state index in [1.165, 1.54) is 12.8 Å². The molecule has 0 aromatic rings. The Hall–Kier alpha value is -1.00. The lowest BCUT2D eigenvalue weighted by molar-refractivity contribution is -0.123. The van der Waals surface area contributed by atoms with E-state index in [2.05, 4.69) is 25.8 Å². The molecule has 0 saturated heterocycles. The first kappa shape index (κ1) is 17.4. The third kappa shape index (κ3) is 3.66. The summed E-state index contributed by atoms with van der Waals surface area (Å²) in [5.41, 5.74) is 0.936. The minimum absolute atomic E-state index is 0.177. The van der Waals surface area contributed by atoms with Gasteiger partial charge in [-0.1, -0.05) is 27.2 Å². The van der Waals surface area contributed by atoms with Crippen molar-refractivity contribution in [3.05, 3.63) is 11.8 Å². The van der Waals surface area contributed by atoms with E-state index in [0.717, 1.165) is 6.42 Å². The molecule has 2 rings (SSSR count). The summed E-state index contributed by atoms with van der Waals surface area (Å²) in [6, 6.07) is 0. The Morgan fingerprint density at radius 3 is 2.64 bits per heavy atom. The second-order valence-electron chi connectivity index (χ2n) is 7.26. The van der Waals surface area contributed by atoms with Gasteiger partial charge in [-0.2, -0.15) is 0 Å². The van der Waals surface area contributed by atoms with Crippen LogP contribution in [0.2, 0.25) is 0 Å². The van der Waals surface area contributed by atoms with Crippen LogP contribution in [0.5, 0.6) is 0 Å². The standard InChI is InChI=1S/C18H29NO3/c1-10(2)14-7-6-11(3)8-16(14)22-13(5)15-9-19-12(4)17(20)18(15)21/h9-11,13-14,16-17,20H,6-8H2,1-5H3. The van der Waals surface area contributed by atoms with Crippen molar-refractivity contribution in [1.29, 1.82) is 0 Å². The zero-order valence-corrected chi connectivity index (χ0v) is 14.4. The van der Waals surface area contributed by atoms with Crippen LogP contribution in [0.15, 0.2) is 16.8 Å². The number of carbonyl (C=O) groups excluding carboxylic acids is 1. The first-order chi connectivity index (χ1) is 10.3. The van der Waals surface area contributed by atoms with E-state index in [0.29, 0.717) is 29.0 Å². The fourth-order valence-corrected chi connectivity index (χ4v) is 3.57. The molecular weight excluding hydrogens is 278 g/mol. The molecule has 0 aromatic heterocycles. The predicted octanol–water partition coefficient (Wildman–Crippen LogP) is 3.14. The second kappa shape index (κ2) is 7.05. The fourth-order valence-electron chi connectivity index (χ4n) is 3.57. The van der Waals surface area contributed by atoms with E-state index in [1.54, 1.807) is 13.1 Å². The molecule has 5 atom stereocenters. The summed E-state index contributed by atoms with van der Waals surface area (Å²) in [5.74, 6) is 1.50. The first-order valence-corrected chi connectivity index (χ1v) is 8.43. The van der Waals surface area contributed by atoms with Gasteiger partial charge in [-0.05, 0) is 44.4 Å². The van der Waals surface area contributed by atoms with Gasteiger partial charge in [-0.15, -0.1) is 0 Å². The summed E-state index contributed by atoms with van der Waals surface area (Å²) in [6.07, 6.45) is 3.78. The summed E-state index contributed by atoms with van der Waals surface area (Å²) in [4.78, 5) is 16.3. The summed E-state index contributed by atoms with van der Waals surface area (Å²) in [7, 11) is 0. The largest absolute Gasteiger partial charge is 0.379 e. The smallest absolute Gasteiger partial charge is 0.197 e. The Labute approximate surface area is 133 Å². The Bertz CT molecular complexity index is 481. The van der Waals surface area contributed by atoms with Crippen LogP contribution in [0.3, 0.4) is 0 Å². The van der Waals surface area contributed by atoms with Crippen molar-refractivity contribution in [1.82, 2.24) is 0 Å². The molecule has 0 spiro atoms. The average molecular weight is 307 g/mol. The minimum atomic E-state index is -1.11. The number of nitrogens with zero attached hydrogens (tertiary/aromatic N) is 1. The normalized spacial score (nSPS) is 34.4. The van der Waals surface area contributed by atoms with Crippen molar-refractivity contribution in [2.75, 3.05) is 0 Å². The van der Waals surface area contributed by atoms with Gasteiger partial charge >= 0.3 is 0 Å². The number of hydrogen-bond acceptors (Lipinski definition) is 4. The molecule has 1 N–H and O–H groups in total. The van der Waals surface area contributed by atoms with Gasteiger partial charge in [0.15, 0.2) is 11.9 Å². The van der Waals surface area contributed by atoms with Gasteiger partial charge in [0.2, 0.25) is 0 Å². The molecule has 124 valence electrons. The Kier molecular flexibility index (Phi) is 5.56. The van der Waals surface area contributed by atoms with E-state index < -0.39 is 6.10 Å². The van der Waals surface area contributed by atoms with E-state index in [1.807, 2.05) is 6.92 Å². The molecule has 0 aromatic carbocycles. The summed E-state index contributed by atoms with van der Waals surface area (Å²) < 4.78 is 6.26. The molecule has 0 radical (unpaired) electrons. The van der Waals surface area contributed by atoms with Crippen molar-refractivity contribution in [2.45, 2.75) is 72.2 Å². The highest BCUT2D eigenvalue weighted by Gasteiger charge is 2.35. The van der Waals surface area contributed by atoms with Crippen molar-refractivity contribution >= 4 is 11.5 Å². The fraction of sp³-hybridized carbons (Fsp3) is 0.778. The van der Waals surface area contributed by atoms with Crippen molar-refractivity contribution in [3.8, 4) is 0 Å². The predicted molar refractivity (Wildman–Crippen MR) is 87.9 cm³/mol. The van der Waals surface area contributed by atoms with Crippen molar-refractivity contribution < 1.29 is 14.6 Å². The number of ketones is 1. The van der Waals surface area contributed by atoms with Gasteiger partial charge in [0.25, 0.3) is 0 Å². The van der Waals surface area contributed by atoms with Gasteiger partial charge in [0, 0.05) is 11.8 Å². The number of carbonyl (C=O) groups is 1. The number of aliphatic hydroxyl groups is 1. The third-order valence-electron chi connectivity index (χ3n) is 5.11. The summed E-state index contributed by atoms with van der Waals surface area (Å²) in [5, 5.41) is 9.88. The molecule has 1 aliphatic heterocycles. The van der Waals surface area contributed by atoms with E-state index in [-0.39, 0.29) is 18.0 Å². The second-order valence-corrected chi connectivity index (χ2v) is 7.26. The molecule has 1 aliphatic carbocycles. The van der Waals surface area contributed by atoms with Gasteiger partial charge in [-0.25, -0.2) is 0 Å². The first-order valence-electron chi connectivity index (χ1n) is 8.43. The maximum absolute atomic E-state index is 12.2. The van der Waals surface area contributed by atoms with Crippen LogP contribution >= 0.6 is 0 Å². The van der Waals surface area contributed by atoms with Crippen LogP contribution in [0.1, 0.15) is 53.9 Å². The molecule has 4 heteroatoms. The molecule has 22 heavy (non-hydrogen) atoms. The van der Waals surface area contributed by atoms with Gasteiger partial charge in [0.05, 0.1) is 17.9 Å². The van der Waals surface area contributed by atoms with Crippen LogP contribution < -0.4 is 0 Å². The molecular formula is C18H29NO3. The number of hydrogen-bond donors (Lipinski definition) is 1. The highest BCUT2D eigenvalue weighted by Crippen LogP contribution is 2.36. The van der Waals surface area contributed by atoms with Crippen LogP contribution in [-0.4, -0.2) is 34.9 Å². The van der Waals surface area contributed by atoms with Crippen LogP contribution in [-0.2, 0) is 9.53 Å². The van der Waals surface area contributed by atoms with Crippen LogP contribution in [0.4, 0.5) is 0 Å². The van der Waals surface area contributed by atoms with E-state index >= 15 is 0 Å². The van der Waals surface area contributed by atoms with E-state index in [4.69, 9.17) is 4.74 Å². The third-order valence-corrected chi connectivity index (χ3v) is 5.11. The molecule has 1 saturated carbocycles. The van der Waals surface area contributed by atoms with Gasteiger partial charge < -0.3 is 9.84 Å². The molecule has 4 nitrogen and oxygen atoms in total. The van der Waals surface area contributed by atoms with Crippen LogP contribution in [0.25, 0.3) is 0 Å². The maximum atomic E-state index is 12.2. The quantitative estimate of drug-likeness (QED) is 0.868. The summed E-state index contributed by atoms with van der Waals surface area (Å²) >= 11 is 0. The lowest BCUT2D eigenvalue weighted by Crippen LogP contribution is -2.40. The maximum Gasteiger partial charge on any atom is 0.197 e. The lowest BCUT2D eigenvalue weighted by atomic mass is 9.75. The molecule has 1 heterocycles. The highest BCUT2D eigenvalue weighted by molar-refractivity contribution is 6.16. The number of aliphatic hydroxyl groups excluding tert-OH is 1. The number of rotatable bonds is 4. The topological polar surface area (TPSA) is 58.9 Å². The Balaban J connectivity index is 2.09. The molecule has 5 unspecified atom stereocenters. The minimum Gasteiger partial charge on any atom is -0.379 e. The number of Topliss-reactive ketones (excluding diaryl/α,β-unsaturated/α-hetero) is 1. The highest BCUT2D eigenvalue weighted by atomic mass is 16.5. The Morgan fingerprint density at radius 1 is 1.32 bits per heavy atom. The molecule has 0 bridgehead atoms. The monoisotopic (exact) mass is 307 g/mol. The van der Waals surface area contributed by atoms with Gasteiger partial charge in [0.1, 0.15) is 0 Å². The molecule has 1 fully saturated rings. The average Bonchev–Trinajstić information content (AvgIpc) is 2.44. The van der Waals surface area contributed by atoms with Crippen molar-refractivity contribution in [3.63, 3.8) is 0 Å². The zero-order chi connectivity index (χ0) is 16.4. The SMILES string of the molecule is CC1=NC=C(C(C)OC2CC(C)CCC2C(C)C)C(=O)C1O. The lowest BCUT2D eigenvalue weighted by Gasteiger charge is -2.39. The molecule has 2 aliphatic rings. The molecule has 0 amide bonds. The van der Waals surface area contributed by atoms with Crippen LogP contribution in [0, 0.1) is 17.8 Å². The zero-order valence-electron chi connectivity index (χ0n) is 14.4.